The molecule has 0 aliphatic heterocycles. The number of hydrogen-bond acceptors (Lipinski definition) is 2. The second kappa shape index (κ2) is 15.7. The zero-order chi connectivity index (χ0) is 14.2. The predicted octanol–water partition coefficient (Wildman–Crippen LogP) is 3.26. The van der Waals surface area contributed by atoms with Gasteiger partial charge in [0.1, 0.15) is 0 Å². The molecule has 0 heterocycles. The lowest BCUT2D eigenvalue weighted by Crippen LogP contribution is -2.04. The fraction of sp³-hybridized carbons (Fsp3) is 0.714. The van der Waals surface area contributed by atoms with Crippen LogP contribution in [0.1, 0.15) is 64.7 Å². The number of aliphatic carboxylic acids is 1. The van der Waals surface area contributed by atoms with E-state index in [2.05, 4.69) is 19.2 Å². The van der Waals surface area contributed by atoms with E-state index < -0.39 is 11.9 Å². The monoisotopic (exact) mass is 257 g/mol. The first-order chi connectivity index (χ1) is 8.54. The predicted molar refractivity (Wildman–Crippen MR) is 74.3 cm³/mol. The Morgan fingerprint density at radius 3 is 1.78 bits per heavy atom. The molecule has 4 nitrogen and oxygen atoms in total. The van der Waals surface area contributed by atoms with Gasteiger partial charge < -0.3 is 10.8 Å². The molecule has 0 aliphatic rings. The van der Waals surface area contributed by atoms with Crippen molar-refractivity contribution in [3.05, 3.63) is 12.7 Å². The van der Waals surface area contributed by atoms with Crippen molar-refractivity contribution >= 4 is 11.9 Å². The molecule has 3 N–H and O–H groups in total. The number of nitrogens with two attached hydrogens (primary N) is 1. The van der Waals surface area contributed by atoms with E-state index in [0.29, 0.717) is 6.42 Å². The number of carboxylic acids is 1. The standard InChI is InChI=1S/C11H22O2.C3H5NO/c1-2-3-4-5-6-7-8-9-10-11(12)13;1-2-3(4)5/h2-10H2,1H3,(H,12,13);2H,1H2,(H2,4,5). The molecule has 0 rings (SSSR count). The van der Waals surface area contributed by atoms with Crippen molar-refractivity contribution in [3.63, 3.8) is 0 Å². The third kappa shape index (κ3) is 24.1. The van der Waals surface area contributed by atoms with Crippen molar-refractivity contribution in [2.75, 3.05) is 0 Å². The fourth-order valence-corrected chi connectivity index (χ4v) is 1.41. The lowest BCUT2D eigenvalue weighted by atomic mass is 10.1. The summed E-state index contributed by atoms with van der Waals surface area (Å²) in [6.07, 6.45) is 11.1. The van der Waals surface area contributed by atoms with Crippen molar-refractivity contribution in [1.29, 1.82) is 0 Å². The van der Waals surface area contributed by atoms with E-state index in [1.165, 1.54) is 38.5 Å². The van der Waals surface area contributed by atoms with Gasteiger partial charge in [-0.05, 0) is 12.5 Å². The Labute approximate surface area is 110 Å². The average molecular weight is 257 g/mol. The van der Waals surface area contributed by atoms with Gasteiger partial charge in [-0.25, -0.2) is 0 Å². The molecule has 0 fully saturated rings. The van der Waals surface area contributed by atoms with Crippen LogP contribution in [0, 0.1) is 0 Å². The molecule has 106 valence electrons. The number of carbonyl (C=O) groups excluding carboxylic acids is 1. The van der Waals surface area contributed by atoms with Crippen LogP contribution in [0.15, 0.2) is 12.7 Å². The van der Waals surface area contributed by atoms with Crippen LogP contribution in [0.4, 0.5) is 0 Å². The van der Waals surface area contributed by atoms with Crippen molar-refractivity contribution in [1.82, 2.24) is 0 Å². The number of carbonyl (C=O) groups is 2. The van der Waals surface area contributed by atoms with Crippen molar-refractivity contribution in [2.45, 2.75) is 64.7 Å². The van der Waals surface area contributed by atoms with Gasteiger partial charge in [-0.15, -0.1) is 0 Å². The van der Waals surface area contributed by atoms with Gasteiger partial charge in [-0.2, -0.15) is 0 Å². The topological polar surface area (TPSA) is 80.4 Å². The summed E-state index contributed by atoms with van der Waals surface area (Å²) in [6.45, 7) is 5.30. The molecule has 0 atom stereocenters. The summed E-state index contributed by atoms with van der Waals surface area (Å²) in [5, 5.41) is 8.39. The van der Waals surface area contributed by atoms with E-state index in [4.69, 9.17) is 5.11 Å². The summed E-state index contributed by atoms with van der Waals surface area (Å²) < 4.78 is 0. The van der Waals surface area contributed by atoms with Gasteiger partial charge in [0.05, 0.1) is 0 Å². The molecule has 0 saturated carbocycles. The van der Waals surface area contributed by atoms with Gasteiger partial charge in [-0.1, -0.05) is 58.4 Å². The molecule has 0 aromatic rings. The first-order valence-corrected chi connectivity index (χ1v) is 6.68. The van der Waals surface area contributed by atoms with Crippen LogP contribution in [-0.4, -0.2) is 17.0 Å². The second-order valence-corrected chi connectivity index (χ2v) is 4.23. The largest absolute Gasteiger partial charge is 0.481 e. The highest BCUT2D eigenvalue weighted by molar-refractivity contribution is 5.84. The maximum Gasteiger partial charge on any atom is 0.303 e. The number of amides is 1. The third-order valence-corrected chi connectivity index (χ3v) is 2.45. The number of hydrogen-bond donors (Lipinski definition) is 2. The Bertz CT molecular complexity index is 227. The van der Waals surface area contributed by atoms with Gasteiger partial charge in [0, 0.05) is 6.42 Å². The summed E-state index contributed by atoms with van der Waals surface area (Å²) in [7, 11) is 0. The molecule has 0 radical (unpaired) electrons. The zero-order valence-electron chi connectivity index (χ0n) is 11.5. The van der Waals surface area contributed by atoms with Gasteiger partial charge in [0.15, 0.2) is 0 Å². The molecule has 0 aromatic carbocycles. The second-order valence-electron chi connectivity index (χ2n) is 4.23. The molecule has 0 aliphatic carbocycles. The average Bonchev–Trinajstić information content (AvgIpc) is 2.33. The number of unbranched alkanes of at least 4 members (excludes halogenated alkanes) is 7. The van der Waals surface area contributed by atoms with Gasteiger partial charge >= 0.3 is 5.97 Å². The summed E-state index contributed by atoms with van der Waals surface area (Å²) in [4.78, 5) is 19.6. The fourth-order valence-electron chi connectivity index (χ4n) is 1.41. The van der Waals surface area contributed by atoms with Crippen LogP contribution in [0.25, 0.3) is 0 Å². The smallest absolute Gasteiger partial charge is 0.303 e. The first-order valence-electron chi connectivity index (χ1n) is 6.68. The molecule has 18 heavy (non-hydrogen) atoms. The van der Waals surface area contributed by atoms with E-state index in [-0.39, 0.29) is 0 Å². The van der Waals surface area contributed by atoms with Crippen LogP contribution in [0.2, 0.25) is 0 Å². The summed E-state index contributed by atoms with van der Waals surface area (Å²) in [6, 6.07) is 0. The summed E-state index contributed by atoms with van der Waals surface area (Å²) >= 11 is 0. The number of primary amides is 1. The van der Waals surface area contributed by atoms with Crippen molar-refractivity contribution in [2.24, 2.45) is 5.73 Å². The molecule has 1 amide bonds. The number of carboxylic acid groups (broad SMARTS) is 1. The minimum Gasteiger partial charge on any atom is -0.481 e. The zero-order valence-corrected chi connectivity index (χ0v) is 11.5. The maximum atomic E-state index is 10.2. The maximum absolute atomic E-state index is 10.2. The molecule has 0 saturated heterocycles. The quantitative estimate of drug-likeness (QED) is 0.465. The van der Waals surface area contributed by atoms with Gasteiger partial charge in [0.25, 0.3) is 0 Å². The Balaban J connectivity index is 0. The lowest BCUT2D eigenvalue weighted by Gasteiger charge is -1.99. The van der Waals surface area contributed by atoms with E-state index in [9.17, 15) is 9.59 Å². The molecular weight excluding hydrogens is 230 g/mol. The highest BCUT2D eigenvalue weighted by Gasteiger charge is 1.95. The van der Waals surface area contributed by atoms with Crippen molar-refractivity contribution < 1.29 is 14.7 Å². The minimum atomic E-state index is -0.661. The van der Waals surface area contributed by atoms with Crippen molar-refractivity contribution in [3.8, 4) is 0 Å². The van der Waals surface area contributed by atoms with Crippen LogP contribution in [0.3, 0.4) is 0 Å². The minimum absolute atomic E-state index is 0.342. The van der Waals surface area contributed by atoms with E-state index in [0.717, 1.165) is 18.9 Å². The number of rotatable bonds is 10. The first kappa shape index (κ1) is 19.0. The Morgan fingerprint density at radius 2 is 1.44 bits per heavy atom. The molecule has 0 spiro atoms. The van der Waals surface area contributed by atoms with Crippen LogP contribution >= 0.6 is 0 Å². The van der Waals surface area contributed by atoms with Gasteiger partial charge in [0.2, 0.25) is 5.91 Å². The molecule has 0 aromatic heterocycles. The van der Waals surface area contributed by atoms with Crippen LogP contribution < -0.4 is 5.73 Å². The SMILES string of the molecule is C=CC(N)=O.CCCCCCCCCCC(=O)O. The summed E-state index contributed by atoms with van der Waals surface area (Å²) in [5.74, 6) is -1.14. The third-order valence-electron chi connectivity index (χ3n) is 2.45. The van der Waals surface area contributed by atoms with E-state index >= 15 is 0 Å². The normalized spacial score (nSPS) is 9.17. The Hall–Kier alpha value is -1.32. The molecule has 4 heteroatoms. The Morgan fingerprint density at radius 1 is 1.06 bits per heavy atom. The highest BCUT2D eigenvalue weighted by Crippen LogP contribution is 2.09. The Kier molecular flexibility index (Phi) is 16.6. The van der Waals surface area contributed by atoms with Crippen LogP contribution in [0.5, 0.6) is 0 Å². The van der Waals surface area contributed by atoms with E-state index in [1.54, 1.807) is 0 Å². The summed E-state index contributed by atoms with van der Waals surface area (Å²) in [5.41, 5.74) is 4.53. The molecule has 0 bridgehead atoms. The highest BCUT2D eigenvalue weighted by atomic mass is 16.4. The lowest BCUT2D eigenvalue weighted by molar-refractivity contribution is -0.137. The van der Waals surface area contributed by atoms with E-state index in [1.807, 2.05) is 0 Å². The molecule has 0 unspecified atom stereocenters. The molecular formula is C14H27NO3. The van der Waals surface area contributed by atoms with Gasteiger partial charge in [-0.3, -0.25) is 9.59 Å². The van der Waals surface area contributed by atoms with Crippen LogP contribution in [-0.2, 0) is 9.59 Å².